The van der Waals surface area contributed by atoms with Crippen LogP contribution >= 0.6 is 11.6 Å². The van der Waals surface area contributed by atoms with Gasteiger partial charge in [-0.1, -0.05) is 91.3 Å². The van der Waals surface area contributed by atoms with Crippen molar-refractivity contribution in [1.29, 1.82) is 0 Å². The molecule has 0 unspecified atom stereocenters. The Morgan fingerprint density at radius 2 is 1.38 bits per heavy atom. The topological polar surface area (TPSA) is 12.5 Å². The molecule has 1 heterocycles. The van der Waals surface area contributed by atoms with Gasteiger partial charge in [-0.2, -0.15) is 0 Å². The molecule has 0 radical (unpaired) electrons. The van der Waals surface area contributed by atoms with Gasteiger partial charge in [-0.05, 0) is 41.8 Å². The van der Waals surface area contributed by atoms with Crippen LogP contribution in [0.1, 0.15) is 30.0 Å². The molecule has 0 amide bonds. The summed E-state index contributed by atoms with van der Waals surface area (Å²) < 4.78 is 6.12. The lowest BCUT2D eigenvalue weighted by atomic mass is 9.95. The van der Waals surface area contributed by atoms with Gasteiger partial charge in [0, 0.05) is 18.7 Å². The van der Waals surface area contributed by atoms with E-state index in [0.717, 1.165) is 52.7 Å². The summed E-state index contributed by atoms with van der Waals surface area (Å²) in [6.07, 6.45) is 1.49. The molecule has 1 aliphatic rings. The predicted octanol–water partition coefficient (Wildman–Crippen LogP) is 6.32. The van der Waals surface area contributed by atoms with Crippen molar-refractivity contribution < 1.29 is 4.74 Å². The number of halogens is 1. The first-order chi connectivity index (χ1) is 14.2. The van der Waals surface area contributed by atoms with Gasteiger partial charge in [0.2, 0.25) is 0 Å². The Balaban J connectivity index is 1.59. The molecule has 0 aliphatic carbocycles. The van der Waals surface area contributed by atoms with Crippen molar-refractivity contribution in [2.24, 2.45) is 0 Å². The average Bonchev–Trinajstić information content (AvgIpc) is 2.75. The maximum Gasteiger partial charge on any atom is 0.124 e. The lowest BCUT2D eigenvalue weighted by molar-refractivity contribution is 0.0202. The van der Waals surface area contributed by atoms with Crippen LogP contribution in [0, 0.1) is 0 Å². The highest BCUT2D eigenvalue weighted by atomic mass is 35.5. The van der Waals surface area contributed by atoms with E-state index < -0.39 is 0 Å². The summed E-state index contributed by atoms with van der Waals surface area (Å²) in [4.78, 5) is 2.43. The maximum absolute atomic E-state index is 6.89. The Hall–Kier alpha value is -2.55. The van der Waals surface area contributed by atoms with Gasteiger partial charge >= 0.3 is 0 Å². The fourth-order valence-corrected chi connectivity index (χ4v) is 4.09. The third-order valence-corrected chi connectivity index (χ3v) is 5.63. The van der Waals surface area contributed by atoms with E-state index in [1.54, 1.807) is 0 Å². The van der Waals surface area contributed by atoms with E-state index in [4.69, 9.17) is 16.3 Å². The SMILES string of the molecule is CCCN1CC(Oc2ccc(C(=C(Cl)c3ccccc3)c3ccccc3)cc2)C1. The summed E-state index contributed by atoms with van der Waals surface area (Å²) in [6.45, 7) is 5.41. The van der Waals surface area contributed by atoms with E-state index in [0.29, 0.717) is 6.10 Å². The molecule has 2 nitrogen and oxygen atoms in total. The quantitative estimate of drug-likeness (QED) is 0.428. The summed E-state index contributed by atoms with van der Waals surface area (Å²) in [5, 5.41) is 0.750. The fourth-order valence-electron chi connectivity index (χ4n) is 3.74. The molecular weight excluding hydrogens is 378 g/mol. The maximum atomic E-state index is 6.89. The minimum Gasteiger partial charge on any atom is -0.488 e. The zero-order valence-corrected chi connectivity index (χ0v) is 17.5. The van der Waals surface area contributed by atoms with E-state index in [1.807, 2.05) is 48.5 Å². The van der Waals surface area contributed by atoms with E-state index >= 15 is 0 Å². The Morgan fingerprint density at radius 3 is 1.97 bits per heavy atom. The van der Waals surface area contributed by atoms with Crippen molar-refractivity contribution >= 4 is 22.2 Å². The lowest BCUT2D eigenvalue weighted by Gasteiger charge is -2.38. The Bertz CT molecular complexity index is 945. The van der Waals surface area contributed by atoms with E-state index in [1.165, 1.54) is 6.42 Å². The standard InChI is InChI=1S/C26H26ClNO/c1-2-17-28-18-24(19-28)29-23-15-13-21(14-16-23)25(20-9-5-3-6-10-20)26(27)22-11-7-4-8-12-22/h3-16,24H,2,17-19H2,1H3. The molecule has 1 saturated heterocycles. The number of benzene rings is 3. The number of ether oxygens (including phenoxy) is 1. The molecule has 0 bridgehead atoms. The number of nitrogens with zero attached hydrogens (tertiary/aromatic N) is 1. The third-order valence-electron chi connectivity index (χ3n) is 5.22. The van der Waals surface area contributed by atoms with Crippen molar-refractivity contribution in [2.45, 2.75) is 19.4 Å². The van der Waals surface area contributed by atoms with Crippen LogP contribution in [0.25, 0.3) is 10.6 Å². The van der Waals surface area contributed by atoms with Crippen LogP contribution in [-0.4, -0.2) is 30.6 Å². The molecular formula is C26H26ClNO. The van der Waals surface area contributed by atoms with Crippen LogP contribution in [0.2, 0.25) is 0 Å². The van der Waals surface area contributed by atoms with Gasteiger partial charge in [-0.3, -0.25) is 4.90 Å². The second-order valence-corrected chi connectivity index (χ2v) is 7.82. The molecule has 4 rings (SSSR count). The van der Waals surface area contributed by atoms with Crippen molar-refractivity contribution in [3.8, 4) is 5.75 Å². The first-order valence-corrected chi connectivity index (χ1v) is 10.6. The van der Waals surface area contributed by atoms with Gasteiger partial charge in [0.25, 0.3) is 0 Å². The zero-order chi connectivity index (χ0) is 20.1. The molecule has 29 heavy (non-hydrogen) atoms. The van der Waals surface area contributed by atoms with E-state index in [9.17, 15) is 0 Å². The van der Waals surface area contributed by atoms with Crippen molar-refractivity contribution in [1.82, 2.24) is 4.90 Å². The summed E-state index contributed by atoms with van der Waals surface area (Å²) in [6, 6.07) is 28.7. The first-order valence-electron chi connectivity index (χ1n) is 10.2. The van der Waals surface area contributed by atoms with E-state index in [-0.39, 0.29) is 0 Å². The highest BCUT2D eigenvalue weighted by molar-refractivity contribution is 6.53. The first kappa shape index (κ1) is 19.8. The van der Waals surface area contributed by atoms with Crippen molar-refractivity contribution in [3.05, 3.63) is 102 Å². The molecule has 0 aromatic heterocycles. The molecule has 0 saturated carbocycles. The van der Waals surface area contributed by atoms with E-state index in [2.05, 4.69) is 48.2 Å². The molecule has 3 heteroatoms. The Morgan fingerprint density at radius 1 is 0.828 bits per heavy atom. The molecule has 0 N–H and O–H groups in total. The summed E-state index contributed by atoms with van der Waals surface area (Å²) in [5.41, 5.74) is 4.23. The van der Waals surface area contributed by atoms with Gasteiger partial charge in [0.15, 0.2) is 0 Å². The average molecular weight is 404 g/mol. The molecule has 3 aromatic rings. The second kappa shape index (κ2) is 9.30. The Kier molecular flexibility index (Phi) is 6.33. The van der Waals surface area contributed by atoms with Crippen molar-refractivity contribution in [3.63, 3.8) is 0 Å². The van der Waals surface area contributed by atoms with Crippen LogP contribution in [0.4, 0.5) is 0 Å². The number of hydrogen-bond donors (Lipinski definition) is 0. The summed E-state index contributed by atoms with van der Waals surface area (Å²) >= 11 is 6.89. The molecule has 148 valence electrons. The molecule has 0 atom stereocenters. The smallest absolute Gasteiger partial charge is 0.124 e. The van der Waals surface area contributed by atoms with Gasteiger partial charge < -0.3 is 4.74 Å². The fraction of sp³-hybridized carbons (Fsp3) is 0.231. The normalized spacial score (nSPS) is 15.5. The second-order valence-electron chi connectivity index (χ2n) is 7.44. The van der Waals surface area contributed by atoms with Crippen LogP contribution in [0.15, 0.2) is 84.9 Å². The van der Waals surface area contributed by atoms with Gasteiger partial charge in [-0.15, -0.1) is 0 Å². The molecule has 1 aliphatic heterocycles. The van der Waals surface area contributed by atoms with Crippen LogP contribution in [0.3, 0.4) is 0 Å². The molecule has 1 fully saturated rings. The highest BCUT2D eigenvalue weighted by Crippen LogP contribution is 2.35. The minimum atomic E-state index is 0.296. The summed E-state index contributed by atoms with van der Waals surface area (Å²) in [7, 11) is 0. The molecule has 0 spiro atoms. The van der Waals surface area contributed by atoms with Crippen molar-refractivity contribution in [2.75, 3.05) is 19.6 Å². The number of likely N-dealkylation sites (tertiary alicyclic amines) is 1. The number of rotatable bonds is 7. The molecule has 3 aromatic carbocycles. The zero-order valence-electron chi connectivity index (χ0n) is 16.7. The van der Waals surface area contributed by atoms with Crippen LogP contribution in [-0.2, 0) is 0 Å². The highest BCUT2D eigenvalue weighted by Gasteiger charge is 2.27. The largest absolute Gasteiger partial charge is 0.488 e. The van der Waals surface area contributed by atoms with Crippen LogP contribution in [0.5, 0.6) is 5.75 Å². The summed E-state index contributed by atoms with van der Waals surface area (Å²) in [5.74, 6) is 0.915. The third kappa shape index (κ3) is 4.72. The van der Waals surface area contributed by atoms with Crippen LogP contribution < -0.4 is 4.74 Å². The predicted molar refractivity (Wildman–Crippen MR) is 122 cm³/mol. The monoisotopic (exact) mass is 403 g/mol. The van der Waals surface area contributed by atoms with Gasteiger partial charge in [0.05, 0.1) is 5.03 Å². The Labute approximate surface area is 178 Å². The lowest BCUT2D eigenvalue weighted by Crippen LogP contribution is -2.53. The number of hydrogen-bond acceptors (Lipinski definition) is 2. The minimum absolute atomic E-state index is 0.296. The van der Waals surface area contributed by atoms with Gasteiger partial charge in [-0.25, -0.2) is 0 Å². The van der Waals surface area contributed by atoms with Gasteiger partial charge in [0.1, 0.15) is 11.9 Å².